The predicted molar refractivity (Wildman–Crippen MR) is 64.7 cm³/mol. The van der Waals surface area contributed by atoms with Gasteiger partial charge in [0.1, 0.15) is 0 Å². The minimum atomic E-state index is 0.201. The van der Waals surface area contributed by atoms with Crippen molar-refractivity contribution >= 4 is 0 Å². The highest BCUT2D eigenvalue weighted by Gasteiger charge is 2.32. The van der Waals surface area contributed by atoms with Crippen LogP contribution in [0.4, 0.5) is 0 Å². The molecule has 1 unspecified atom stereocenters. The normalized spacial score (nSPS) is 34.2. The molecular formula is C13H21N2. The molecular weight excluding hydrogens is 184 g/mol. The second kappa shape index (κ2) is 4.11. The Balaban J connectivity index is 2.04. The second-order valence-electron chi connectivity index (χ2n) is 5.01. The Morgan fingerprint density at radius 1 is 1.27 bits per heavy atom. The molecule has 0 aromatic rings. The summed E-state index contributed by atoms with van der Waals surface area (Å²) in [7, 11) is 2.20. The lowest BCUT2D eigenvalue weighted by Gasteiger charge is -2.45. The molecule has 1 aliphatic heterocycles. The van der Waals surface area contributed by atoms with Crippen LogP contribution in [0.15, 0.2) is 23.8 Å². The average molecular weight is 205 g/mol. The molecule has 2 nitrogen and oxygen atoms in total. The molecule has 0 N–H and O–H groups in total. The SMILES string of the molecule is [CH2]C1=CC=CC(C)(N2CCN(C)CC2)C1. The average Bonchev–Trinajstić information content (AvgIpc) is 2.18. The number of nitrogens with zero attached hydrogens (tertiary/aromatic N) is 2. The van der Waals surface area contributed by atoms with Crippen molar-refractivity contribution in [2.75, 3.05) is 33.2 Å². The third kappa shape index (κ3) is 2.32. The first-order valence-electron chi connectivity index (χ1n) is 5.74. The third-order valence-corrected chi connectivity index (χ3v) is 3.60. The van der Waals surface area contributed by atoms with Gasteiger partial charge in [0.25, 0.3) is 0 Å². The van der Waals surface area contributed by atoms with Gasteiger partial charge in [-0.15, -0.1) is 0 Å². The minimum absolute atomic E-state index is 0.201. The Hall–Kier alpha value is -0.600. The Morgan fingerprint density at radius 3 is 2.53 bits per heavy atom. The molecule has 0 aromatic carbocycles. The smallest absolute Gasteiger partial charge is 0.0404 e. The van der Waals surface area contributed by atoms with Gasteiger partial charge in [-0.1, -0.05) is 23.8 Å². The maximum Gasteiger partial charge on any atom is 0.0404 e. The van der Waals surface area contributed by atoms with Gasteiger partial charge in [-0.05, 0) is 27.3 Å². The lowest BCUT2D eigenvalue weighted by atomic mass is 9.87. The number of likely N-dealkylation sites (N-methyl/N-ethyl adjacent to an activating group) is 1. The molecule has 2 rings (SSSR count). The van der Waals surface area contributed by atoms with E-state index in [4.69, 9.17) is 0 Å². The zero-order valence-corrected chi connectivity index (χ0v) is 9.87. The molecule has 83 valence electrons. The number of hydrogen-bond donors (Lipinski definition) is 0. The van der Waals surface area contributed by atoms with E-state index in [0.717, 1.165) is 6.42 Å². The topological polar surface area (TPSA) is 6.48 Å². The Kier molecular flexibility index (Phi) is 2.98. The molecule has 0 saturated carbocycles. The van der Waals surface area contributed by atoms with Gasteiger partial charge in [0.2, 0.25) is 0 Å². The van der Waals surface area contributed by atoms with Crippen LogP contribution in [0, 0.1) is 6.92 Å². The Morgan fingerprint density at radius 2 is 1.93 bits per heavy atom. The lowest BCUT2D eigenvalue weighted by molar-refractivity contribution is 0.0791. The molecule has 1 saturated heterocycles. The van der Waals surface area contributed by atoms with Gasteiger partial charge < -0.3 is 4.90 Å². The summed E-state index contributed by atoms with van der Waals surface area (Å²) in [5, 5.41) is 0. The van der Waals surface area contributed by atoms with Gasteiger partial charge in [0, 0.05) is 31.7 Å². The van der Waals surface area contributed by atoms with Gasteiger partial charge in [0.05, 0.1) is 0 Å². The molecule has 15 heavy (non-hydrogen) atoms. The zero-order chi connectivity index (χ0) is 10.9. The van der Waals surface area contributed by atoms with E-state index < -0.39 is 0 Å². The van der Waals surface area contributed by atoms with Crippen molar-refractivity contribution in [3.8, 4) is 0 Å². The van der Waals surface area contributed by atoms with Gasteiger partial charge in [-0.3, -0.25) is 4.90 Å². The number of piperazine rings is 1. The summed E-state index contributed by atoms with van der Waals surface area (Å²) >= 11 is 0. The van der Waals surface area contributed by atoms with E-state index in [2.05, 4.69) is 48.9 Å². The first kappa shape index (κ1) is 10.9. The second-order valence-corrected chi connectivity index (χ2v) is 5.01. The highest BCUT2D eigenvalue weighted by molar-refractivity contribution is 5.28. The van der Waals surface area contributed by atoms with Crippen molar-refractivity contribution in [2.45, 2.75) is 18.9 Å². The van der Waals surface area contributed by atoms with E-state index >= 15 is 0 Å². The van der Waals surface area contributed by atoms with Crippen LogP contribution < -0.4 is 0 Å². The van der Waals surface area contributed by atoms with Crippen LogP contribution in [0.25, 0.3) is 0 Å². The van der Waals surface area contributed by atoms with Crippen LogP contribution in [-0.2, 0) is 0 Å². The third-order valence-electron chi connectivity index (χ3n) is 3.60. The molecule has 2 aliphatic rings. The fraction of sp³-hybridized carbons (Fsp3) is 0.615. The van der Waals surface area contributed by atoms with E-state index in [1.54, 1.807) is 0 Å². The molecule has 1 aliphatic carbocycles. The van der Waals surface area contributed by atoms with Gasteiger partial charge in [-0.25, -0.2) is 0 Å². The Bertz CT molecular complexity index is 285. The van der Waals surface area contributed by atoms with E-state index in [1.807, 2.05) is 0 Å². The maximum absolute atomic E-state index is 4.08. The molecule has 1 radical (unpaired) electrons. The zero-order valence-electron chi connectivity index (χ0n) is 9.87. The highest BCUT2D eigenvalue weighted by Crippen LogP contribution is 2.29. The summed E-state index contributed by atoms with van der Waals surface area (Å²) in [6.07, 6.45) is 7.68. The quantitative estimate of drug-likeness (QED) is 0.643. The van der Waals surface area contributed by atoms with Crippen LogP contribution in [-0.4, -0.2) is 48.6 Å². The summed E-state index contributed by atoms with van der Waals surface area (Å²) in [4.78, 5) is 4.98. The summed E-state index contributed by atoms with van der Waals surface area (Å²) in [6.45, 7) is 11.1. The van der Waals surface area contributed by atoms with Crippen LogP contribution in [0.1, 0.15) is 13.3 Å². The standard InChI is InChI=1S/C13H21N2/c1-12-5-4-6-13(2,11-12)15-9-7-14(3)8-10-15/h4-6H,1,7-11H2,2-3H3. The summed E-state index contributed by atoms with van der Waals surface area (Å²) in [6, 6.07) is 0. The summed E-state index contributed by atoms with van der Waals surface area (Å²) in [5.74, 6) is 0. The van der Waals surface area contributed by atoms with Crippen LogP contribution >= 0.6 is 0 Å². The van der Waals surface area contributed by atoms with E-state index in [1.165, 1.54) is 31.8 Å². The first-order chi connectivity index (χ1) is 7.10. The molecule has 1 fully saturated rings. The van der Waals surface area contributed by atoms with Crippen LogP contribution in [0.2, 0.25) is 0 Å². The molecule has 0 spiro atoms. The minimum Gasteiger partial charge on any atom is -0.304 e. The van der Waals surface area contributed by atoms with Crippen molar-refractivity contribution in [1.82, 2.24) is 9.80 Å². The van der Waals surface area contributed by atoms with Gasteiger partial charge in [0.15, 0.2) is 0 Å². The number of allylic oxidation sites excluding steroid dienone is 2. The molecule has 2 heteroatoms. The molecule has 1 atom stereocenters. The first-order valence-corrected chi connectivity index (χ1v) is 5.74. The van der Waals surface area contributed by atoms with E-state index in [0.29, 0.717) is 0 Å². The van der Waals surface area contributed by atoms with Crippen molar-refractivity contribution in [3.63, 3.8) is 0 Å². The molecule has 1 heterocycles. The van der Waals surface area contributed by atoms with Crippen molar-refractivity contribution in [3.05, 3.63) is 30.7 Å². The largest absolute Gasteiger partial charge is 0.304 e. The number of hydrogen-bond acceptors (Lipinski definition) is 2. The van der Waals surface area contributed by atoms with E-state index in [9.17, 15) is 0 Å². The fourth-order valence-electron chi connectivity index (χ4n) is 2.50. The monoisotopic (exact) mass is 205 g/mol. The fourth-order valence-corrected chi connectivity index (χ4v) is 2.50. The molecule has 0 amide bonds. The van der Waals surface area contributed by atoms with E-state index in [-0.39, 0.29) is 5.54 Å². The summed E-state index contributed by atoms with van der Waals surface area (Å²) < 4.78 is 0. The van der Waals surface area contributed by atoms with Gasteiger partial charge >= 0.3 is 0 Å². The van der Waals surface area contributed by atoms with Crippen LogP contribution in [0.3, 0.4) is 0 Å². The van der Waals surface area contributed by atoms with Crippen molar-refractivity contribution in [2.24, 2.45) is 0 Å². The number of rotatable bonds is 1. The van der Waals surface area contributed by atoms with Crippen molar-refractivity contribution < 1.29 is 0 Å². The Labute approximate surface area is 93.2 Å². The van der Waals surface area contributed by atoms with Crippen LogP contribution in [0.5, 0.6) is 0 Å². The van der Waals surface area contributed by atoms with Gasteiger partial charge in [-0.2, -0.15) is 0 Å². The molecule has 0 bridgehead atoms. The maximum atomic E-state index is 4.08. The molecule has 0 aromatic heterocycles. The summed E-state index contributed by atoms with van der Waals surface area (Å²) in [5.41, 5.74) is 1.45. The predicted octanol–water partition coefficient (Wildman–Crippen LogP) is 1.71. The van der Waals surface area contributed by atoms with Crippen molar-refractivity contribution in [1.29, 1.82) is 0 Å². The lowest BCUT2D eigenvalue weighted by Crippen LogP contribution is -2.54. The highest BCUT2D eigenvalue weighted by atomic mass is 15.3.